The van der Waals surface area contributed by atoms with Gasteiger partial charge in [0.05, 0.1) is 5.69 Å². The second-order valence-corrected chi connectivity index (χ2v) is 4.71. The number of H-pyrrole nitrogens is 1. The number of fused-ring (bicyclic) bond motifs is 1. The zero-order valence-corrected chi connectivity index (χ0v) is 10.9. The van der Waals surface area contributed by atoms with Crippen LogP contribution < -0.4 is 5.56 Å². The second-order valence-electron chi connectivity index (χ2n) is 4.71. The minimum atomic E-state index is -4.55. The van der Waals surface area contributed by atoms with E-state index < -0.39 is 17.4 Å². The van der Waals surface area contributed by atoms with E-state index in [1.807, 2.05) is 24.2 Å². The lowest BCUT2D eigenvalue weighted by molar-refractivity contribution is -0.141. The topological polar surface area (TPSA) is 50.2 Å². The number of benzene rings is 1. The minimum absolute atomic E-state index is 0.0636. The van der Waals surface area contributed by atoms with E-state index in [1.165, 1.54) is 6.07 Å². The van der Waals surface area contributed by atoms with Gasteiger partial charge < -0.3 is 0 Å². The second kappa shape index (κ2) is 4.47. The fourth-order valence-corrected chi connectivity index (χ4v) is 2.09. The van der Waals surface area contributed by atoms with Crippen LogP contribution in [0.2, 0.25) is 0 Å². The van der Waals surface area contributed by atoms with Crippen molar-refractivity contribution in [2.75, 3.05) is 0 Å². The number of hydrogen-bond acceptors (Lipinski definition) is 2. The van der Waals surface area contributed by atoms with Crippen LogP contribution in [0.4, 0.5) is 13.2 Å². The first-order valence-electron chi connectivity index (χ1n) is 6.12. The Morgan fingerprint density at radius 1 is 1.19 bits per heavy atom. The Labute approximate surface area is 116 Å². The lowest BCUT2D eigenvalue weighted by Gasteiger charge is -2.02. The third-order valence-electron chi connectivity index (χ3n) is 3.07. The van der Waals surface area contributed by atoms with Gasteiger partial charge in [-0.1, -0.05) is 23.8 Å². The number of aromatic nitrogens is 3. The normalized spacial score (nSPS) is 12.0. The molecule has 1 N–H and O–H groups in total. The van der Waals surface area contributed by atoms with Crippen LogP contribution in [0.25, 0.3) is 16.9 Å². The molecule has 1 aromatic carbocycles. The standard InChI is InChI=1S/C14H10F3N3O/c1-8-3-2-4-9(5-8)10-6-13(21)20-12(18-10)7-11(19-20)14(15,16)17/h2-7,19H,1H3. The highest BCUT2D eigenvalue weighted by Gasteiger charge is 2.33. The molecule has 0 saturated heterocycles. The Kier molecular flexibility index (Phi) is 2.86. The van der Waals surface area contributed by atoms with Crippen molar-refractivity contribution in [2.24, 2.45) is 0 Å². The predicted molar refractivity (Wildman–Crippen MR) is 71.0 cm³/mol. The summed E-state index contributed by atoms with van der Waals surface area (Å²) >= 11 is 0. The van der Waals surface area contributed by atoms with E-state index in [0.29, 0.717) is 11.3 Å². The average molecular weight is 293 g/mol. The molecule has 0 atom stereocenters. The number of nitrogens with zero attached hydrogens (tertiary/aromatic N) is 2. The Morgan fingerprint density at radius 2 is 1.95 bits per heavy atom. The van der Waals surface area contributed by atoms with Gasteiger partial charge in [0, 0.05) is 17.7 Å². The lowest BCUT2D eigenvalue weighted by Crippen LogP contribution is -2.15. The SMILES string of the molecule is Cc1cccc(-c2cc(=O)n3[nH]c(C(F)(F)F)cc3n2)c1. The fraction of sp³-hybridized carbons (Fsp3) is 0.143. The molecular formula is C14H10F3N3O. The van der Waals surface area contributed by atoms with Crippen LogP contribution in [0.3, 0.4) is 0 Å². The van der Waals surface area contributed by atoms with Gasteiger partial charge in [-0.3, -0.25) is 9.89 Å². The summed E-state index contributed by atoms with van der Waals surface area (Å²) in [5, 5.41) is 2.01. The third-order valence-corrected chi connectivity index (χ3v) is 3.07. The molecule has 0 radical (unpaired) electrons. The molecule has 108 valence electrons. The van der Waals surface area contributed by atoms with Crippen molar-refractivity contribution in [1.82, 2.24) is 14.6 Å². The number of hydrogen-bond donors (Lipinski definition) is 1. The number of aromatic amines is 1. The molecule has 0 spiro atoms. The zero-order chi connectivity index (χ0) is 15.2. The van der Waals surface area contributed by atoms with Crippen molar-refractivity contribution in [1.29, 1.82) is 0 Å². The van der Waals surface area contributed by atoms with Gasteiger partial charge in [-0.05, 0) is 13.0 Å². The molecule has 21 heavy (non-hydrogen) atoms. The molecule has 0 fully saturated rings. The molecule has 3 rings (SSSR count). The van der Waals surface area contributed by atoms with Crippen molar-refractivity contribution in [2.45, 2.75) is 13.1 Å². The molecule has 0 aliphatic rings. The van der Waals surface area contributed by atoms with Gasteiger partial charge in [0.15, 0.2) is 5.65 Å². The van der Waals surface area contributed by atoms with Crippen LogP contribution in [0.15, 0.2) is 41.2 Å². The molecule has 0 saturated carbocycles. The van der Waals surface area contributed by atoms with Crippen LogP contribution in [0.1, 0.15) is 11.3 Å². The number of aryl methyl sites for hydroxylation is 1. The van der Waals surface area contributed by atoms with Crippen LogP contribution in [-0.2, 0) is 6.18 Å². The molecular weight excluding hydrogens is 283 g/mol. The van der Waals surface area contributed by atoms with Gasteiger partial charge >= 0.3 is 6.18 Å². The first kappa shape index (κ1) is 13.4. The molecule has 7 heteroatoms. The fourth-order valence-electron chi connectivity index (χ4n) is 2.09. The summed E-state index contributed by atoms with van der Waals surface area (Å²) in [5.74, 6) is 0. The van der Waals surface area contributed by atoms with Crippen LogP contribution >= 0.6 is 0 Å². The third kappa shape index (κ3) is 2.42. The van der Waals surface area contributed by atoms with Crippen molar-refractivity contribution in [3.05, 3.63) is 58.0 Å². The molecule has 0 aliphatic heterocycles. The summed E-state index contributed by atoms with van der Waals surface area (Å²) in [4.78, 5) is 16.0. The first-order chi connectivity index (χ1) is 9.84. The number of alkyl halides is 3. The van der Waals surface area contributed by atoms with Crippen LogP contribution in [0, 0.1) is 6.92 Å². The van der Waals surface area contributed by atoms with E-state index in [4.69, 9.17) is 0 Å². The summed E-state index contributed by atoms with van der Waals surface area (Å²) in [6, 6.07) is 9.27. The Balaban J connectivity index is 2.21. The molecule has 0 aliphatic carbocycles. The van der Waals surface area contributed by atoms with Crippen molar-refractivity contribution >= 4 is 5.65 Å². The van der Waals surface area contributed by atoms with Crippen LogP contribution in [0.5, 0.6) is 0 Å². The zero-order valence-electron chi connectivity index (χ0n) is 10.9. The lowest BCUT2D eigenvalue weighted by atomic mass is 10.1. The minimum Gasteiger partial charge on any atom is -0.285 e. The smallest absolute Gasteiger partial charge is 0.285 e. The van der Waals surface area contributed by atoms with Gasteiger partial charge in [-0.15, -0.1) is 0 Å². The van der Waals surface area contributed by atoms with Crippen LogP contribution in [-0.4, -0.2) is 14.6 Å². The largest absolute Gasteiger partial charge is 0.432 e. The van der Waals surface area contributed by atoms with E-state index in [1.54, 1.807) is 12.1 Å². The van der Waals surface area contributed by atoms with Gasteiger partial charge in [0.1, 0.15) is 5.69 Å². The van der Waals surface area contributed by atoms with Crippen molar-refractivity contribution in [3.63, 3.8) is 0 Å². The number of rotatable bonds is 1. The maximum Gasteiger partial charge on any atom is 0.432 e. The summed E-state index contributed by atoms with van der Waals surface area (Å²) < 4.78 is 38.8. The highest BCUT2D eigenvalue weighted by molar-refractivity contribution is 5.62. The van der Waals surface area contributed by atoms with E-state index in [9.17, 15) is 18.0 Å². The molecule has 0 unspecified atom stereocenters. The maximum atomic E-state index is 12.7. The summed E-state index contributed by atoms with van der Waals surface area (Å²) in [5.41, 5.74) is 0.340. The van der Waals surface area contributed by atoms with Gasteiger partial charge in [-0.2, -0.15) is 13.2 Å². The highest BCUT2D eigenvalue weighted by Crippen LogP contribution is 2.28. The van der Waals surface area contributed by atoms with E-state index in [0.717, 1.165) is 16.1 Å². The summed E-state index contributed by atoms with van der Waals surface area (Å²) in [7, 11) is 0. The average Bonchev–Trinajstić information content (AvgIpc) is 2.83. The molecule has 2 heterocycles. The Morgan fingerprint density at radius 3 is 2.62 bits per heavy atom. The monoisotopic (exact) mass is 293 g/mol. The van der Waals surface area contributed by atoms with Crippen molar-refractivity contribution in [3.8, 4) is 11.3 Å². The molecule has 4 nitrogen and oxygen atoms in total. The van der Waals surface area contributed by atoms with Gasteiger partial charge in [0.2, 0.25) is 0 Å². The molecule has 0 bridgehead atoms. The van der Waals surface area contributed by atoms with Gasteiger partial charge in [0.25, 0.3) is 5.56 Å². The van der Waals surface area contributed by atoms with E-state index in [-0.39, 0.29) is 5.65 Å². The molecule has 2 aromatic heterocycles. The Hall–Kier alpha value is -2.57. The molecule has 0 amide bonds. The van der Waals surface area contributed by atoms with E-state index >= 15 is 0 Å². The quantitative estimate of drug-likeness (QED) is 0.749. The number of nitrogens with one attached hydrogen (secondary N) is 1. The first-order valence-corrected chi connectivity index (χ1v) is 6.12. The predicted octanol–water partition coefficient (Wildman–Crippen LogP) is 3.02. The number of halogens is 3. The summed E-state index contributed by atoms with van der Waals surface area (Å²) in [6.07, 6.45) is -4.55. The van der Waals surface area contributed by atoms with Gasteiger partial charge in [-0.25, -0.2) is 9.50 Å². The molecule has 3 aromatic rings. The van der Waals surface area contributed by atoms with E-state index in [2.05, 4.69) is 4.98 Å². The maximum absolute atomic E-state index is 12.7. The van der Waals surface area contributed by atoms with Crippen molar-refractivity contribution < 1.29 is 13.2 Å². The highest BCUT2D eigenvalue weighted by atomic mass is 19.4. The summed E-state index contributed by atoms with van der Waals surface area (Å²) in [6.45, 7) is 1.88. The Bertz CT molecular complexity index is 877.